The molecule has 1 aromatic carbocycles. The van der Waals surface area contributed by atoms with Gasteiger partial charge in [-0.2, -0.15) is 0 Å². The first-order chi connectivity index (χ1) is 15.3. The predicted octanol–water partition coefficient (Wildman–Crippen LogP) is 3.65. The minimum Gasteiger partial charge on any atom is -0.481 e. The van der Waals surface area contributed by atoms with Crippen molar-refractivity contribution in [2.24, 2.45) is 0 Å². The molecule has 4 rings (SSSR count). The van der Waals surface area contributed by atoms with E-state index < -0.39 is 18.1 Å². The second-order valence-corrected chi connectivity index (χ2v) is 9.42. The van der Waals surface area contributed by atoms with E-state index in [9.17, 15) is 19.5 Å². The molecule has 2 atom stereocenters. The van der Waals surface area contributed by atoms with Crippen LogP contribution in [0.15, 0.2) is 18.2 Å². The number of amides is 1. The number of nitrogens with zero attached hydrogens (tertiary/aromatic N) is 2. The van der Waals surface area contributed by atoms with E-state index in [4.69, 9.17) is 0 Å². The van der Waals surface area contributed by atoms with Crippen LogP contribution < -0.4 is 5.32 Å². The van der Waals surface area contributed by atoms with Crippen molar-refractivity contribution in [3.05, 3.63) is 34.9 Å². The van der Waals surface area contributed by atoms with Gasteiger partial charge in [0, 0.05) is 42.5 Å². The summed E-state index contributed by atoms with van der Waals surface area (Å²) in [7, 11) is 0. The smallest absolute Gasteiger partial charge is 0.305 e. The van der Waals surface area contributed by atoms with E-state index >= 15 is 0 Å². The van der Waals surface area contributed by atoms with Crippen LogP contribution in [-0.4, -0.2) is 69.8 Å². The van der Waals surface area contributed by atoms with E-state index in [1.807, 2.05) is 25.1 Å². The average Bonchev–Trinajstić information content (AvgIpc) is 2.74. The summed E-state index contributed by atoms with van der Waals surface area (Å²) in [6.45, 7) is 8.36. The van der Waals surface area contributed by atoms with E-state index in [1.165, 1.54) is 4.90 Å². The van der Waals surface area contributed by atoms with Gasteiger partial charge in [-0.05, 0) is 44.7 Å². The first kappa shape index (κ1) is 22.5. The fourth-order valence-electron chi connectivity index (χ4n) is 5.32. The number of benzene rings is 1. The molecule has 2 bridgehead atoms. The number of piperidine rings is 1. The van der Waals surface area contributed by atoms with Crippen molar-refractivity contribution < 1.29 is 19.5 Å². The highest BCUT2D eigenvalue weighted by atomic mass is 16.4. The second kappa shape index (κ2) is 9.06. The Morgan fingerprint density at radius 2 is 1.91 bits per heavy atom. The summed E-state index contributed by atoms with van der Waals surface area (Å²) in [6, 6.07) is 3.32. The molecule has 2 aliphatic heterocycles. The first-order valence-corrected chi connectivity index (χ1v) is 11.8. The number of fused-ring (bicyclic) bond motifs is 1. The number of ketones is 1. The highest BCUT2D eigenvalue weighted by Crippen LogP contribution is 2.38. The number of likely N-dealkylation sites (tertiary alicyclic amines) is 1. The molecule has 0 spiro atoms. The first-order valence-electron chi connectivity index (χ1n) is 11.8. The Hall–Kier alpha value is -2.67. The van der Waals surface area contributed by atoms with E-state index in [2.05, 4.69) is 24.1 Å². The SMILES string of the molecule is CCCC(CC(=O)O)N1C(=O)c2c(NC3CCN(C(C)C)CC3)ccc3c2C(=O)C1C=C3. The maximum Gasteiger partial charge on any atom is 0.305 e. The zero-order chi connectivity index (χ0) is 23.0. The molecule has 2 heterocycles. The van der Waals surface area contributed by atoms with Gasteiger partial charge in [0.25, 0.3) is 5.91 Å². The van der Waals surface area contributed by atoms with Crippen molar-refractivity contribution >= 4 is 29.4 Å². The third-order valence-electron chi connectivity index (χ3n) is 7.00. The van der Waals surface area contributed by atoms with Crippen LogP contribution in [0.1, 0.15) is 79.2 Å². The fraction of sp³-hybridized carbons (Fsp3) is 0.560. The second-order valence-electron chi connectivity index (χ2n) is 9.42. The lowest BCUT2D eigenvalue weighted by atomic mass is 9.81. The maximum atomic E-state index is 13.8. The number of aliphatic carboxylic acids is 1. The van der Waals surface area contributed by atoms with Gasteiger partial charge in [-0.3, -0.25) is 14.4 Å². The number of carboxylic acids is 1. The Kier molecular flexibility index (Phi) is 6.38. The van der Waals surface area contributed by atoms with Crippen LogP contribution in [0.4, 0.5) is 5.69 Å². The van der Waals surface area contributed by atoms with Gasteiger partial charge in [0.15, 0.2) is 5.78 Å². The molecule has 1 aromatic rings. The number of hydrogen-bond donors (Lipinski definition) is 2. The summed E-state index contributed by atoms with van der Waals surface area (Å²) in [5.74, 6) is -1.31. The summed E-state index contributed by atoms with van der Waals surface area (Å²) in [5, 5.41) is 13.0. The quantitative estimate of drug-likeness (QED) is 0.643. The zero-order valence-corrected chi connectivity index (χ0v) is 19.1. The molecule has 7 heteroatoms. The molecule has 7 nitrogen and oxygen atoms in total. The molecule has 3 aliphatic rings. The summed E-state index contributed by atoms with van der Waals surface area (Å²) >= 11 is 0. The Bertz CT molecular complexity index is 947. The normalized spacial score (nSPS) is 21.9. The van der Waals surface area contributed by atoms with Crippen LogP contribution in [0.5, 0.6) is 0 Å². The number of hydrogen-bond acceptors (Lipinski definition) is 5. The molecule has 0 radical (unpaired) electrons. The molecular formula is C25H33N3O4. The Morgan fingerprint density at radius 3 is 2.53 bits per heavy atom. The maximum absolute atomic E-state index is 13.8. The number of carboxylic acid groups (broad SMARTS) is 1. The fourth-order valence-corrected chi connectivity index (χ4v) is 5.32. The Morgan fingerprint density at radius 1 is 1.19 bits per heavy atom. The van der Waals surface area contributed by atoms with Gasteiger partial charge in [-0.15, -0.1) is 0 Å². The Balaban J connectivity index is 1.67. The molecule has 1 aliphatic carbocycles. The van der Waals surface area contributed by atoms with Gasteiger partial charge >= 0.3 is 5.97 Å². The van der Waals surface area contributed by atoms with Gasteiger partial charge in [0.05, 0.1) is 12.0 Å². The molecule has 32 heavy (non-hydrogen) atoms. The molecule has 1 saturated heterocycles. The molecule has 1 amide bonds. The predicted molar refractivity (Wildman–Crippen MR) is 124 cm³/mol. The van der Waals surface area contributed by atoms with Gasteiger partial charge < -0.3 is 20.2 Å². The molecule has 0 aromatic heterocycles. The summed E-state index contributed by atoms with van der Waals surface area (Å²) in [6.07, 6.45) is 6.69. The minimum atomic E-state index is -0.960. The van der Waals surface area contributed by atoms with Crippen LogP contribution in [0, 0.1) is 0 Å². The number of nitrogens with one attached hydrogen (secondary N) is 1. The van der Waals surface area contributed by atoms with E-state index in [0.717, 1.165) is 37.9 Å². The standard InChI is InChI=1S/C25H33N3O4/c1-4-5-18(14-21(29)30)28-20-9-7-16-6-8-19(23(25(28)32)22(16)24(20)31)26-17-10-12-27(13-11-17)15(2)3/h6-9,15,17-18,20,26H,4-5,10-14H2,1-3H3,(H,29,30). The monoisotopic (exact) mass is 439 g/mol. The zero-order valence-electron chi connectivity index (χ0n) is 19.1. The van der Waals surface area contributed by atoms with Crippen LogP contribution in [0.3, 0.4) is 0 Å². The topological polar surface area (TPSA) is 89.9 Å². The van der Waals surface area contributed by atoms with Gasteiger partial charge in [-0.1, -0.05) is 31.6 Å². The van der Waals surface area contributed by atoms with Gasteiger partial charge in [0.1, 0.15) is 6.04 Å². The minimum absolute atomic E-state index is 0.109. The van der Waals surface area contributed by atoms with E-state index in [1.54, 1.807) is 6.08 Å². The summed E-state index contributed by atoms with van der Waals surface area (Å²) < 4.78 is 0. The third kappa shape index (κ3) is 4.06. The largest absolute Gasteiger partial charge is 0.481 e. The van der Waals surface area contributed by atoms with E-state index in [-0.39, 0.29) is 24.2 Å². The summed E-state index contributed by atoms with van der Waals surface area (Å²) in [5.41, 5.74) is 2.34. The van der Waals surface area contributed by atoms with Crippen LogP contribution >= 0.6 is 0 Å². The molecule has 1 fully saturated rings. The molecule has 0 saturated carbocycles. The molecule has 172 valence electrons. The van der Waals surface area contributed by atoms with Crippen molar-refractivity contribution in [3.63, 3.8) is 0 Å². The molecule has 2 N–H and O–H groups in total. The molecule has 2 unspecified atom stereocenters. The number of rotatable bonds is 8. The summed E-state index contributed by atoms with van der Waals surface area (Å²) in [4.78, 5) is 42.6. The average molecular weight is 440 g/mol. The number of Topliss-reactive ketones (excluding diaryl/α,β-unsaturated/α-hetero) is 1. The van der Waals surface area contributed by atoms with Crippen LogP contribution in [0.2, 0.25) is 0 Å². The van der Waals surface area contributed by atoms with Crippen LogP contribution in [-0.2, 0) is 4.79 Å². The highest BCUT2D eigenvalue weighted by molar-refractivity contribution is 6.21. The lowest BCUT2D eigenvalue weighted by Gasteiger charge is -2.42. The van der Waals surface area contributed by atoms with Crippen molar-refractivity contribution in [2.75, 3.05) is 18.4 Å². The number of carbonyl (C=O) groups is 3. The lowest BCUT2D eigenvalue weighted by Crippen LogP contribution is -2.55. The van der Waals surface area contributed by atoms with Crippen molar-refractivity contribution in [1.29, 1.82) is 0 Å². The third-order valence-corrected chi connectivity index (χ3v) is 7.00. The van der Waals surface area contributed by atoms with Gasteiger partial charge in [0.2, 0.25) is 0 Å². The Labute approximate surface area is 189 Å². The van der Waals surface area contributed by atoms with Crippen LogP contribution in [0.25, 0.3) is 6.08 Å². The number of carbonyl (C=O) groups excluding carboxylic acids is 2. The lowest BCUT2D eigenvalue weighted by molar-refractivity contribution is -0.138. The van der Waals surface area contributed by atoms with Crippen molar-refractivity contribution in [1.82, 2.24) is 9.80 Å². The highest BCUT2D eigenvalue weighted by Gasteiger charge is 2.45. The van der Waals surface area contributed by atoms with Gasteiger partial charge in [-0.25, -0.2) is 0 Å². The van der Waals surface area contributed by atoms with Crippen molar-refractivity contribution in [2.45, 2.75) is 77.0 Å². The molecular weight excluding hydrogens is 406 g/mol. The number of anilines is 1. The van der Waals surface area contributed by atoms with Crippen molar-refractivity contribution in [3.8, 4) is 0 Å². The van der Waals surface area contributed by atoms with E-state index in [0.29, 0.717) is 29.3 Å².